The molecule has 5 nitrogen and oxygen atoms in total. The Labute approximate surface area is 194 Å². The van der Waals surface area contributed by atoms with Crippen LogP contribution in [0.25, 0.3) is 16.8 Å². The van der Waals surface area contributed by atoms with Crippen molar-refractivity contribution in [1.29, 1.82) is 0 Å². The lowest BCUT2D eigenvalue weighted by Gasteiger charge is -2.15. The normalized spacial score (nSPS) is 11.0. The van der Waals surface area contributed by atoms with E-state index in [1.165, 1.54) is 0 Å². The van der Waals surface area contributed by atoms with Gasteiger partial charge in [0.1, 0.15) is 0 Å². The molecular weight excluding hydrogens is 420 g/mol. The number of unbranched alkanes of at least 4 members (excludes halogenated alkanes) is 3. The number of ether oxygens (including phenoxy) is 1. The highest BCUT2D eigenvalue weighted by Gasteiger charge is 2.12. The van der Waals surface area contributed by atoms with Crippen molar-refractivity contribution in [3.63, 3.8) is 0 Å². The number of para-hydroxylation sites is 1. The molecule has 0 N–H and O–H groups in total. The molecule has 0 saturated carbocycles. The molecule has 0 fully saturated rings. The first-order valence-electron chi connectivity index (χ1n) is 11.1. The maximum Gasteiger partial charge on any atom is 0.308 e. The van der Waals surface area contributed by atoms with E-state index in [0.717, 1.165) is 36.9 Å². The zero-order chi connectivity index (χ0) is 22.9. The maximum atomic E-state index is 13.3. The van der Waals surface area contributed by atoms with Gasteiger partial charge in [0.25, 0.3) is 5.56 Å². The molecule has 1 aromatic heterocycles. The molecule has 2 aromatic carbocycles. The van der Waals surface area contributed by atoms with Gasteiger partial charge < -0.3 is 4.74 Å². The van der Waals surface area contributed by atoms with Crippen LogP contribution in [0.2, 0.25) is 0 Å². The van der Waals surface area contributed by atoms with Crippen LogP contribution >= 0.6 is 12.2 Å². The molecule has 3 rings (SSSR count). The smallest absolute Gasteiger partial charge is 0.308 e. The minimum absolute atomic E-state index is 0.0701. The van der Waals surface area contributed by atoms with Crippen molar-refractivity contribution in [2.45, 2.75) is 46.1 Å². The summed E-state index contributed by atoms with van der Waals surface area (Å²) in [6.07, 6.45) is 5.36. The zero-order valence-corrected chi connectivity index (χ0v) is 19.5. The number of hydrogen-bond donors (Lipinski definition) is 0. The Morgan fingerprint density at radius 2 is 1.56 bits per heavy atom. The van der Waals surface area contributed by atoms with Gasteiger partial charge in [-0.2, -0.15) is 0 Å². The summed E-state index contributed by atoms with van der Waals surface area (Å²) < 4.78 is 9.32. The van der Waals surface area contributed by atoms with Crippen molar-refractivity contribution in [2.24, 2.45) is 5.92 Å². The lowest BCUT2D eigenvalue weighted by molar-refractivity contribution is -0.147. The van der Waals surface area contributed by atoms with E-state index in [-0.39, 0.29) is 17.4 Å². The predicted molar refractivity (Wildman–Crippen MR) is 131 cm³/mol. The largest absolute Gasteiger partial charge is 0.465 e. The highest BCUT2D eigenvalue weighted by Crippen LogP contribution is 2.18. The number of nitrogens with zero attached hydrogens (tertiary/aromatic N) is 2. The van der Waals surface area contributed by atoms with Crippen LogP contribution in [-0.4, -0.2) is 21.7 Å². The highest BCUT2D eigenvalue weighted by molar-refractivity contribution is 7.71. The van der Waals surface area contributed by atoms with Gasteiger partial charge >= 0.3 is 5.97 Å². The SMILES string of the molecule is CC(C)C(=O)OCCCCCCn1c(=O)c(-c2ccccc2)cn(-c2ccccc2)c1=S. The number of esters is 1. The summed E-state index contributed by atoms with van der Waals surface area (Å²) in [7, 11) is 0. The molecule has 0 radical (unpaired) electrons. The second-order valence-corrected chi connectivity index (χ2v) is 8.46. The molecule has 0 spiro atoms. The maximum absolute atomic E-state index is 13.3. The Hall–Kier alpha value is -2.99. The average Bonchev–Trinajstić information content (AvgIpc) is 2.81. The first-order chi connectivity index (χ1) is 15.5. The van der Waals surface area contributed by atoms with Gasteiger partial charge in [0.05, 0.1) is 18.1 Å². The van der Waals surface area contributed by atoms with Crippen molar-refractivity contribution in [1.82, 2.24) is 9.13 Å². The lowest BCUT2D eigenvalue weighted by Crippen LogP contribution is -2.26. The Morgan fingerprint density at radius 1 is 0.938 bits per heavy atom. The van der Waals surface area contributed by atoms with Gasteiger partial charge in [-0.15, -0.1) is 0 Å². The molecule has 3 aromatic rings. The molecule has 0 aliphatic carbocycles. The standard InChI is InChI=1S/C26H30N2O3S/c1-20(2)25(30)31-18-12-4-3-11-17-27-24(29)23(21-13-7-5-8-14-21)19-28(26(27)32)22-15-9-6-10-16-22/h5-10,13-16,19-20H,3-4,11-12,17-18H2,1-2H3. The van der Waals surface area contributed by atoms with Gasteiger partial charge in [-0.1, -0.05) is 68.8 Å². The molecule has 6 heteroatoms. The Bertz CT molecular complexity index is 1060. The number of benzene rings is 2. The van der Waals surface area contributed by atoms with Gasteiger partial charge in [-0.05, 0) is 49.2 Å². The molecule has 0 amide bonds. The van der Waals surface area contributed by atoms with Crippen molar-refractivity contribution in [3.05, 3.63) is 82.0 Å². The Balaban J connectivity index is 1.76. The van der Waals surface area contributed by atoms with Crippen LogP contribution in [0.5, 0.6) is 0 Å². The molecule has 1 heterocycles. The molecule has 0 unspecified atom stereocenters. The van der Waals surface area contributed by atoms with Crippen molar-refractivity contribution in [3.8, 4) is 16.8 Å². The van der Waals surface area contributed by atoms with Crippen LogP contribution in [0.3, 0.4) is 0 Å². The van der Waals surface area contributed by atoms with Crippen molar-refractivity contribution in [2.75, 3.05) is 6.61 Å². The summed E-state index contributed by atoms with van der Waals surface area (Å²) in [5.41, 5.74) is 2.36. The predicted octanol–water partition coefficient (Wildman–Crippen LogP) is 5.80. The van der Waals surface area contributed by atoms with Crippen LogP contribution < -0.4 is 5.56 Å². The second-order valence-electron chi connectivity index (χ2n) is 8.09. The third kappa shape index (κ3) is 6.04. The van der Waals surface area contributed by atoms with Gasteiger partial charge in [0.2, 0.25) is 0 Å². The van der Waals surface area contributed by atoms with E-state index in [9.17, 15) is 9.59 Å². The summed E-state index contributed by atoms with van der Waals surface area (Å²) in [6, 6.07) is 19.5. The summed E-state index contributed by atoms with van der Waals surface area (Å²) in [5.74, 6) is -0.254. The van der Waals surface area contributed by atoms with Crippen LogP contribution in [0.4, 0.5) is 0 Å². The second kappa shape index (κ2) is 11.6. The fourth-order valence-corrected chi connectivity index (χ4v) is 3.79. The Kier molecular flexibility index (Phi) is 8.56. The third-order valence-corrected chi connectivity index (χ3v) is 5.70. The monoisotopic (exact) mass is 450 g/mol. The molecule has 0 atom stereocenters. The van der Waals surface area contributed by atoms with Crippen LogP contribution in [0, 0.1) is 10.7 Å². The quantitative estimate of drug-likeness (QED) is 0.223. The average molecular weight is 451 g/mol. The molecule has 0 aliphatic rings. The van der Waals surface area contributed by atoms with E-state index in [1.54, 1.807) is 4.57 Å². The summed E-state index contributed by atoms with van der Waals surface area (Å²) in [6.45, 7) is 4.66. The zero-order valence-electron chi connectivity index (χ0n) is 18.7. The van der Waals surface area contributed by atoms with Crippen LogP contribution in [-0.2, 0) is 16.1 Å². The summed E-state index contributed by atoms with van der Waals surface area (Å²) >= 11 is 5.71. The topological polar surface area (TPSA) is 53.2 Å². The van der Waals surface area contributed by atoms with E-state index in [4.69, 9.17) is 17.0 Å². The Morgan fingerprint density at radius 3 is 2.22 bits per heavy atom. The molecule has 32 heavy (non-hydrogen) atoms. The minimum atomic E-state index is -0.157. The van der Waals surface area contributed by atoms with Gasteiger partial charge in [-0.3, -0.25) is 18.7 Å². The molecule has 0 aliphatic heterocycles. The summed E-state index contributed by atoms with van der Waals surface area (Å²) in [5, 5.41) is 0. The lowest BCUT2D eigenvalue weighted by atomic mass is 10.1. The molecule has 0 saturated heterocycles. The number of hydrogen-bond acceptors (Lipinski definition) is 4. The molecule has 168 valence electrons. The first kappa shape index (κ1) is 23.7. The van der Waals surface area contributed by atoms with E-state index < -0.39 is 0 Å². The number of rotatable bonds is 10. The molecular formula is C26H30N2O3S. The highest BCUT2D eigenvalue weighted by atomic mass is 32.1. The third-order valence-electron chi connectivity index (χ3n) is 5.28. The first-order valence-corrected chi connectivity index (χ1v) is 11.5. The van der Waals surface area contributed by atoms with Gasteiger partial charge in [-0.25, -0.2) is 0 Å². The minimum Gasteiger partial charge on any atom is -0.465 e. The van der Waals surface area contributed by atoms with Gasteiger partial charge in [0.15, 0.2) is 4.77 Å². The van der Waals surface area contributed by atoms with E-state index in [0.29, 0.717) is 23.5 Å². The number of carbonyl (C=O) groups is 1. The van der Waals surface area contributed by atoms with Crippen molar-refractivity contribution < 1.29 is 9.53 Å². The molecule has 0 bridgehead atoms. The fraction of sp³-hybridized carbons (Fsp3) is 0.346. The van der Waals surface area contributed by atoms with Crippen LogP contribution in [0.1, 0.15) is 39.5 Å². The number of carbonyl (C=O) groups excluding carboxylic acids is 1. The van der Waals surface area contributed by atoms with Crippen molar-refractivity contribution >= 4 is 18.2 Å². The number of aromatic nitrogens is 2. The van der Waals surface area contributed by atoms with E-state index in [1.807, 2.05) is 85.3 Å². The van der Waals surface area contributed by atoms with E-state index in [2.05, 4.69) is 0 Å². The fourth-order valence-electron chi connectivity index (χ4n) is 3.45. The summed E-state index contributed by atoms with van der Waals surface area (Å²) in [4.78, 5) is 24.8. The van der Waals surface area contributed by atoms with Crippen LogP contribution in [0.15, 0.2) is 71.7 Å². The van der Waals surface area contributed by atoms with Gasteiger partial charge in [0, 0.05) is 18.4 Å². The van der Waals surface area contributed by atoms with E-state index >= 15 is 0 Å².